The first-order chi connectivity index (χ1) is 8.79. The van der Waals surface area contributed by atoms with Gasteiger partial charge in [-0.3, -0.25) is 4.79 Å². The maximum atomic E-state index is 12.2. The van der Waals surface area contributed by atoms with E-state index in [1.165, 1.54) is 0 Å². The summed E-state index contributed by atoms with van der Waals surface area (Å²) in [5.74, 6) is 2.36. The SMILES string of the molecule is COCCNCC(=O)N(CCOC)C1CCSC1. The summed E-state index contributed by atoms with van der Waals surface area (Å²) in [5.41, 5.74) is 0. The summed E-state index contributed by atoms with van der Waals surface area (Å²) in [4.78, 5) is 14.1. The van der Waals surface area contributed by atoms with Gasteiger partial charge in [-0.1, -0.05) is 0 Å². The zero-order valence-electron chi connectivity index (χ0n) is 11.3. The summed E-state index contributed by atoms with van der Waals surface area (Å²) < 4.78 is 10.0. The number of hydrogen-bond acceptors (Lipinski definition) is 5. The Morgan fingerprint density at radius 2 is 2.17 bits per heavy atom. The van der Waals surface area contributed by atoms with Gasteiger partial charge in [0.05, 0.1) is 19.8 Å². The highest BCUT2D eigenvalue weighted by Gasteiger charge is 2.26. The lowest BCUT2D eigenvalue weighted by Gasteiger charge is -2.28. The Morgan fingerprint density at radius 1 is 1.39 bits per heavy atom. The van der Waals surface area contributed by atoms with Crippen molar-refractivity contribution < 1.29 is 14.3 Å². The predicted molar refractivity (Wildman–Crippen MR) is 74.1 cm³/mol. The molecule has 1 atom stereocenters. The summed E-state index contributed by atoms with van der Waals surface area (Å²) in [6, 6.07) is 0.377. The van der Waals surface area contributed by atoms with Crippen molar-refractivity contribution in [2.75, 3.05) is 58.6 Å². The molecule has 6 heteroatoms. The van der Waals surface area contributed by atoms with E-state index >= 15 is 0 Å². The average molecular weight is 276 g/mol. The molecule has 1 heterocycles. The number of carbonyl (C=O) groups is 1. The Bertz CT molecular complexity index is 235. The van der Waals surface area contributed by atoms with Crippen molar-refractivity contribution in [1.29, 1.82) is 0 Å². The first kappa shape index (κ1) is 15.8. The summed E-state index contributed by atoms with van der Waals surface area (Å²) in [7, 11) is 3.33. The third kappa shape index (κ3) is 5.56. The summed E-state index contributed by atoms with van der Waals surface area (Å²) in [5, 5.41) is 3.10. The molecule has 0 spiro atoms. The van der Waals surface area contributed by atoms with Crippen LogP contribution >= 0.6 is 11.8 Å². The van der Waals surface area contributed by atoms with E-state index in [1.807, 2.05) is 16.7 Å². The van der Waals surface area contributed by atoms with Gasteiger partial charge in [0.2, 0.25) is 5.91 Å². The van der Waals surface area contributed by atoms with Gasteiger partial charge in [0, 0.05) is 39.1 Å². The van der Waals surface area contributed by atoms with Gasteiger partial charge in [0.1, 0.15) is 0 Å². The van der Waals surface area contributed by atoms with E-state index < -0.39 is 0 Å². The van der Waals surface area contributed by atoms with Crippen LogP contribution in [0.3, 0.4) is 0 Å². The third-order valence-electron chi connectivity index (χ3n) is 2.96. The van der Waals surface area contributed by atoms with Crippen molar-refractivity contribution in [1.82, 2.24) is 10.2 Å². The van der Waals surface area contributed by atoms with Crippen molar-refractivity contribution in [3.05, 3.63) is 0 Å². The van der Waals surface area contributed by atoms with E-state index in [1.54, 1.807) is 14.2 Å². The Morgan fingerprint density at radius 3 is 2.78 bits per heavy atom. The van der Waals surface area contributed by atoms with E-state index in [2.05, 4.69) is 5.32 Å². The number of nitrogens with zero attached hydrogens (tertiary/aromatic N) is 1. The first-order valence-electron chi connectivity index (χ1n) is 6.35. The number of amides is 1. The number of hydrogen-bond donors (Lipinski definition) is 1. The maximum Gasteiger partial charge on any atom is 0.236 e. The van der Waals surface area contributed by atoms with Crippen LogP contribution < -0.4 is 5.32 Å². The molecule has 1 rings (SSSR count). The van der Waals surface area contributed by atoms with Gasteiger partial charge in [-0.15, -0.1) is 0 Å². The Kier molecular flexibility index (Phi) is 8.41. The van der Waals surface area contributed by atoms with Crippen molar-refractivity contribution in [2.45, 2.75) is 12.5 Å². The van der Waals surface area contributed by atoms with Crippen molar-refractivity contribution in [3.8, 4) is 0 Å². The molecule has 0 aliphatic carbocycles. The summed E-state index contributed by atoms with van der Waals surface area (Å²) in [6.45, 7) is 3.01. The topological polar surface area (TPSA) is 50.8 Å². The molecule has 5 nitrogen and oxygen atoms in total. The zero-order chi connectivity index (χ0) is 13.2. The molecule has 1 saturated heterocycles. The highest BCUT2D eigenvalue weighted by molar-refractivity contribution is 7.99. The minimum absolute atomic E-state index is 0.163. The quantitative estimate of drug-likeness (QED) is 0.610. The minimum atomic E-state index is 0.163. The fourth-order valence-corrected chi connectivity index (χ4v) is 3.16. The van der Waals surface area contributed by atoms with Gasteiger partial charge in [-0.2, -0.15) is 11.8 Å². The Labute approximate surface area is 114 Å². The van der Waals surface area contributed by atoms with Gasteiger partial charge < -0.3 is 19.7 Å². The second kappa shape index (κ2) is 9.61. The van der Waals surface area contributed by atoms with Crippen LogP contribution in [0, 0.1) is 0 Å². The van der Waals surface area contributed by atoms with Crippen LogP contribution in [0.2, 0.25) is 0 Å². The number of carbonyl (C=O) groups excluding carboxylic acids is 1. The van der Waals surface area contributed by atoms with Crippen molar-refractivity contribution in [3.63, 3.8) is 0 Å². The van der Waals surface area contributed by atoms with E-state index in [0.717, 1.165) is 17.9 Å². The van der Waals surface area contributed by atoms with Crippen LogP contribution in [-0.4, -0.2) is 75.4 Å². The monoisotopic (exact) mass is 276 g/mol. The van der Waals surface area contributed by atoms with Crippen LogP contribution in [0.1, 0.15) is 6.42 Å². The average Bonchev–Trinajstić information content (AvgIpc) is 2.89. The molecule has 0 radical (unpaired) electrons. The fourth-order valence-electron chi connectivity index (χ4n) is 1.94. The first-order valence-corrected chi connectivity index (χ1v) is 7.51. The number of nitrogens with one attached hydrogen (secondary N) is 1. The number of rotatable bonds is 9. The van der Waals surface area contributed by atoms with Gasteiger partial charge in [-0.05, 0) is 12.2 Å². The molecule has 0 aromatic rings. The highest BCUT2D eigenvalue weighted by Crippen LogP contribution is 2.22. The number of ether oxygens (including phenoxy) is 2. The maximum absolute atomic E-state index is 12.2. The molecular formula is C12H24N2O3S. The lowest BCUT2D eigenvalue weighted by molar-refractivity contribution is -0.132. The molecule has 1 aliphatic heterocycles. The van der Waals surface area contributed by atoms with Gasteiger partial charge in [0.15, 0.2) is 0 Å². The van der Waals surface area contributed by atoms with E-state index in [0.29, 0.717) is 38.9 Å². The molecule has 18 heavy (non-hydrogen) atoms. The number of methoxy groups -OCH3 is 2. The molecule has 1 amide bonds. The normalized spacial score (nSPS) is 19.1. The molecular weight excluding hydrogens is 252 g/mol. The smallest absolute Gasteiger partial charge is 0.236 e. The Balaban J connectivity index is 2.34. The van der Waals surface area contributed by atoms with E-state index in [4.69, 9.17) is 9.47 Å². The van der Waals surface area contributed by atoms with Crippen molar-refractivity contribution >= 4 is 17.7 Å². The Hall–Kier alpha value is -0.300. The van der Waals surface area contributed by atoms with Crippen molar-refractivity contribution in [2.24, 2.45) is 0 Å². The fraction of sp³-hybridized carbons (Fsp3) is 0.917. The van der Waals surface area contributed by atoms with Crippen LogP contribution in [0.4, 0.5) is 0 Å². The van der Waals surface area contributed by atoms with Gasteiger partial charge >= 0.3 is 0 Å². The van der Waals surface area contributed by atoms with Crippen LogP contribution in [-0.2, 0) is 14.3 Å². The molecule has 0 saturated carbocycles. The molecule has 1 unspecified atom stereocenters. The van der Waals surface area contributed by atoms with Crippen LogP contribution in [0.15, 0.2) is 0 Å². The third-order valence-corrected chi connectivity index (χ3v) is 4.11. The number of thioether (sulfide) groups is 1. The lowest BCUT2D eigenvalue weighted by atomic mass is 10.2. The van der Waals surface area contributed by atoms with Gasteiger partial charge in [-0.25, -0.2) is 0 Å². The van der Waals surface area contributed by atoms with Gasteiger partial charge in [0.25, 0.3) is 0 Å². The highest BCUT2D eigenvalue weighted by atomic mass is 32.2. The van der Waals surface area contributed by atoms with Crippen LogP contribution in [0.25, 0.3) is 0 Å². The second-order valence-electron chi connectivity index (χ2n) is 4.27. The molecule has 0 aromatic heterocycles. The predicted octanol–water partition coefficient (Wildman–Crippen LogP) is 0.203. The minimum Gasteiger partial charge on any atom is -0.383 e. The molecule has 0 aromatic carbocycles. The zero-order valence-corrected chi connectivity index (χ0v) is 12.1. The van der Waals surface area contributed by atoms with Crippen LogP contribution in [0.5, 0.6) is 0 Å². The van der Waals surface area contributed by atoms with E-state index in [-0.39, 0.29) is 5.91 Å². The van der Waals surface area contributed by atoms with E-state index in [9.17, 15) is 4.79 Å². The molecule has 0 bridgehead atoms. The summed E-state index contributed by atoms with van der Waals surface area (Å²) >= 11 is 1.92. The lowest BCUT2D eigenvalue weighted by Crippen LogP contribution is -2.46. The second-order valence-corrected chi connectivity index (χ2v) is 5.42. The summed E-state index contributed by atoms with van der Waals surface area (Å²) in [6.07, 6.45) is 1.10. The molecule has 1 aliphatic rings. The molecule has 1 fully saturated rings. The molecule has 1 N–H and O–H groups in total. The standard InChI is InChI=1S/C12H24N2O3S/c1-16-6-4-13-9-12(15)14(5-7-17-2)11-3-8-18-10-11/h11,13H,3-10H2,1-2H3. The largest absolute Gasteiger partial charge is 0.383 e. The molecule has 106 valence electrons.